The molecule has 0 saturated heterocycles. The number of hydrogen-bond donors (Lipinski definition) is 3. The Morgan fingerprint density at radius 2 is 1.79 bits per heavy atom. The molecule has 1 fully saturated rings. The SMILES string of the molecule is CCCCC1C2CC(C)=C(C)CC(C)NC1C(CN)(C(=O)Nc1cccc(-c3cccc(C#N)c3)c1)CCCCC2C. The number of nitrogens with one attached hydrogen (secondary N) is 2. The summed E-state index contributed by atoms with van der Waals surface area (Å²) in [5, 5.41) is 16.8. The molecule has 5 nitrogen and oxygen atoms in total. The molecule has 42 heavy (non-hydrogen) atoms. The van der Waals surface area contributed by atoms with Crippen molar-refractivity contribution in [1.82, 2.24) is 5.32 Å². The maximum atomic E-state index is 14.7. The van der Waals surface area contributed by atoms with Crippen LogP contribution in [0.4, 0.5) is 5.69 Å². The second-order valence-electron chi connectivity index (χ2n) is 13.3. The summed E-state index contributed by atoms with van der Waals surface area (Å²) in [5.74, 6) is 1.52. The summed E-state index contributed by atoms with van der Waals surface area (Å²) in [7, 11) is 0. The molecule has 2 aromatic carbocycles. The van der Waals surface area contributed by atoms with E-state index >= 15 is 0 Å². The number of allylic oxidation sites excluding steroid dienone is 1. The van der Waals surface area contributed by atoms with Gasteiger partial charge in [-0.05, 0) is 99.6 Å². The minimum absolute atomic E-state index is 0.00351. The van der Waals surface area contributed by atoms with Crippen LogP contribution in [0.2, 0.25) is 0 Å². The molecule has 4 N–H and O–H groups in total. The van der Waals surface area contributed by atoms with Crippen molar-refractivity contribution in [1.29, 1.82) is 5.26 Å². The molecule has 0 radical (unpaired) electrons. The van der Waals surface area contributed by atoms with E-state index in [2.05, 4.69) is 51.3 Å². The number of hydrogen-bond acceptors (Lipinski definition) is 4. The van der Waals surface area contributed by atoms with E-state index in [1.54, 1.807) is 0 Å². The van der Waals surface area contributed by atoms with E-state index in [0.717, 1.165) is 68.2 Å². The average molecular weight is 569 g/mol. The molecule has 1 amide bonds. The van der Waals surface area contributed by atoms with E-state index in [-0.39, 0.29) is 18.0 Å². The van der Waals surface area contributed by atoms with Crippen molar-refractivity contribution in [2.24, 2.45) is 28.9 Å². The number of fused-ring (bicyclic) bond motifs is 2. The number of rotatable bonds is 7. The van der Waals surface area contributed by atoms with E-state index in [4.69, 9.17) is 5.73 Å². The second kappa shape index (κ2) is 14.5. The quantitative estimate of drug-likeness (QED) is 0.294. The van der Waals surface area contributed by atoms with Crippen molar-refractivity contribution in [3.63, 3.8) is 0 Å². The van der Waals surface area contributed by atoms with Crippen LogP contribution in [-0.4, -0.2) is 24.5 Å². The van der Waals surface area contributed by atoms with Crippen LogP contribution in [0.3, 0.4) is 0 Å². The minimum Gasteiger partial charge on any atom is -0.329 e. The lowest BCUT2D eigenvalue weighted by Gasteiger charge is -2.47. The standard InChI is InChI=1S/C37H52N4O/c1-6-7-17-33-34-20-27(4)26(3)19-28(5)40-35(33)37(24-39,18-9-8-12-25(34)2)36(42)41-32-16-11-15-31(22-32)30-14-10-13-29(21-30)23-38/h10-11,13-16,21-22,25,28,33-35,40H,6-9,12,17-20,24,39H2,1-5H3,(H,41,42). The van der Waals surface area contributed by atoms with E-state index in [0.29, 0.717) is 29.9 Å². The fourth-order valence-corrected chi connectivity index (χ4v) is 7.72. The molecule has 4 rings (SSSR count). The Bertz CT molecular complexity index is 1290. The molecule has 2 bridgehead atoms. The minimum atomic E-state index is -0.710. The number of nitrogens with two attached hydrogens (primary N) is 1. The van der Waals surface area contributed by atoms with Crippen LogP contribution < -0.4 is 16.4 Å². The van der Waals surface area contributed by atoms with Crippen molar-refractivity contribution in [3.05, 3.63) is 65.2 Å². The summed E-state index contributed by atoms with van der Waals surface area (Å²) < 4.78 is 0. The lowest BCUT2D eigenvalue weighted by molar-refractivity contribution is -0.129. The van der Waals surface area contributed by atoms with Crippen molar-refractivity contribution < 1.29 is 4.79 Å². The fourth-order valence-electron chi connectivity index (χ4n) is 7.72. The maximum absolute atomic E-state index is 14.7. The zero-order valence-electron chi connectivity index (χ0n) is 26.5. The van der Waals surface area contributed by atoms with Crippen LogP contribution in [0.25, 0.3) is 11.1 Å². The van der Waals surface area contributed by atoms with E-state index < -0.39 is 5.41 Å². The number of carbonyl (C=O) groups is 1. The van der Waals surface area contributed by atoms with Crippen LogP contribution >= 0.6 is 0 Å². The zero-order chi connectivity index (χ0) is 30.3. The monoisotopic (exact) mass is 568 g/mol. The number of carbonyl (C=O) groups excluding carboxylic acids is 1. The number of amides is 1. The van der Waals surface area contributed by atoms with Gasteiger partial charge in [-0.25, -0.2) is 0 Å². The average Bonchev–Trinajstić information content (AvgIpc) is 3.07. The van der Waals surface area contributed by atoms with E-state index in [1.807, 2.05) is 48.5 Å². The van der Waals surface area contributed by atoms with Crippen molar-refractivity contribution in [2.75, 3.05) is 11.9 Å². The molecule has 2 aliphatic rings. The number of anilines is 1. The predicted octanol–water partition coefficient (Wildman–Crippen LogP) is 8.22. The zero-order valence-corrected chi connectivity index (χ0v) is 26.5. The van der Waals surface area contributed by atoms with Crippen LogP contribution in [0.5, 0.6) is 0 Å². The smallest absolute Gasteiger partial charge is 0.233 e. The number of benzene rings is 2. The Labute approximate surface area is 254 Å². The van der Waals surface area contributed by atoms with Gasteiger partial charge in [-0.15, -0.1) is 0 Å². The first kappa shape index (κ1) is 32.0. The van der Waals surface area contributed by atoms with E-state index in [1.165, 1.54) is 17.6 Å². The number of nitrogens with zero attached hydrogens (tertiary/aromatic N) is 1. The molecule has 5 heteroatoms. The molecule has 6 unspecified atom stereocenters. The molecule has 1 aliphatic carbocycles. The Morgan fingerprint density at radius 3 is 2.50 bits per heavy atom. The molecule has 226 valence electrons. The summed E-state index contributed by atoms with van der Waals surface area (Å²) in [6.45, 7) is 12.0. The third-order valence-corrected chi connectivity index (χ3v) is 10.3. The van der Waals surface area contributed by atoms with Crippen LogP contribution in [0.15, 0.2) is 59.7 Å². The van der Waals surface area contributed by atoms with Gasteiger partial charge in [0, 0.05) is 24.3 Å². The fraction of sp³-hybridized carbons (Fsp3) is 0.568. The highest BCUT2D eigenvalue weighted by molar-refractivity contribution is 5.96. The molecule has 1 heterocycles. The first-order valence-corrected chi connectivity index (χ1v) is 16.3. The Morgan fingerprint density at radius 1 is 1.07 bits per heavy atom. The van der Waals surface area contributed by atoms with Gasteiger partial charge in [0.2, 0.25) is 5.91 Å². The summed E-state index contributed by atoms with van der Waals surface area (Å²) in [6.07, 6.45) is 9.65. The van der Waals surface area contributed by atoms with Gasteiger partial charge < -0.3 is 16.4 Å². The highest BCUT2D eigenvalue weighted by Gasteiger charge is 2.50. The second-order valence-corrected chi connectivity index (χ2v) is 13.3. The molecular weight excluding hydrogens is 516 g/mol. The van der Waals surface area contributed by atoms with Crippen molar-refractivity contribution in [3.8, 4) is 17.2 Å². The van der Waals surface area contributed by atoms with Crippen LogP contribution in [0.1, 0.15) is 98.0 Å². The number of nitriles is 1. The van der Waals surface area contributed by atoms with Gasteiger partial charge in [-0.1, -0.05) is 81.4 Å². The third-order valence-electron chi connectivity index (χ3n) is 10.3. The highest BCUT2D eigenvalue weighted by atomic mass is 16.2. The van der Waals surface area contributed by atoms with Gasteiger partial charge in [0.25, 0.3) is 0 Å². The lowest BCUT2D eigenvalue weighted by atomic mass is 9.63. The number of unbranched alkanes of at least 4 members (excludes halogenated alkanes) is 1. The normalized spacial score (nSPS) is 28.7. The van der Waals surface area contributed by atoms with Crippen molar-refractivity contribution >= 4 is 11.6 Å². The third kappa shape index (κ3) is 7.16. The molecule has 2 aromatic rings. The molecule has 1 saturated carbocycles. The van der Waals surface area contributed by atoms with Gasteiger partial charge in [-0.3, -0.25) is 4.79 Å². The summed E-state index contributed by atoms with van der Waals surface area (Å²) >= 11 is 0. The van der Waals surface area contributed by atoms with Crippen LogP contribution in [0, 0.1) is 34.5 Å². The molecule has 6 atom stereocenters. The lowest BCUT2D eigenvalue weighted by Crippen LogP contribution is -2.61. The summed E-state index contributed by atoms with van der Waals surface area (Å²) in [4.78, 5) is 14.7. The first-order chi connectivity index (χ1) is 20.2. The van der Waals surface area contributed by atoms with Gasteiger partial charge in [-0.2, -0.15) is 5.26 Å². The Balaban J connectivity index is 1.76. The van der Waals surface area contributed by atoms with Gasteiger partial charge in [0.15, 0.2) is 0 Å². The first-order valence-electron chi connectivity index (χ1n) is 16.3. The highest BCUT2D eigenvalue weighted by Crippen LogP contribution is 2.46. The van der Waals surface area contributed by atoms with Gasteiger partial charge >= 0.3 is 0 Å². The van der Waals surface area contributed by atoms with Gasteiger partial charge in [0.05, 0.1) is 17.0 Å². The topological polar surface area (TPSA) is 90.9 Å². The largest absolute Gasteiger partial charge is 0.329 e. The molecular formula is C37H52N4O. The summed E-state index contributed by atoms with van der Waals surface area (Å²) in [5.41, 5.74) is 12.4. The maximum Gasteiger partial charge on any atom is 0.233 e. The summed E-state index contributed by atoms with van der Waals surface area (Å²) in [6, 6.07) is 18.1. The van der Waals surface area contributed by atoms with Crippen molar-refractivity contribution in [2.45, 2.75) is 104 Å². The van der Waals surface area contributed by atoms with Gasteiger partial charge in [0.1, 0.15) is 0 Å². The van der Waals surface area contributed by atoms with Crippen LogP contribution in [-0.2, 0) is 4.79 Å². The molecule has 1 aliphatic heterocycles. The Hall–Kier alpha value is -2.94. The predicted molar refractivity (Wildman–Crippen MR) is 175 cm³/mol. The van der Waals surface area contributed by atoms with E-state index in [9.17, 15) is 10.1 Å². The molecule has 0 aromatic heterocycles. The Kier molecular flexibility index (Phi) is 11.0. The molecule has 0 spiro atoms.